The van der Waals surface area contributed by atoms with Crippen LogP contribution in [0.3, 0.4) is 0 Å². The van der Waals surface area contributed by atoms with Gasteiger partial charge in [-0.05, 0) is 130 Å². The lowest BCUT2D eigenvalue weighted by Gasteiger charge is -2.08. The Labute approximate surface area is 504 Å². The fourth-order valence-electron chi connectivity index (χ4n) is 9.78. The Bertz CT molecular complexity index is 4480. The van der Waals surface area contributed by atoms with Gasteiger partial charge in [-0.1, -0.05) is 125 Å². The van der Waals surface area contributed by atoms with Gasteiger partial charge in [0.2, 0.25) is 23.5 Å². The maximum atomic E-state index is 13.8. The summed E-state index contributed by atoms with van der Waals surface area (Å²) in [4.78, 5) is 54.5. The largest absolute Gasteiger partial charge is 0.493 e. The number of rotatable bonds is 13. The molecule has 86 heavy (non-hydrogen) atoms. The van der Waals surface area contributed by atoms with Gasteiger partial charge in [-0.15, -0.1) is 19.6 Å². The number of aromatic hydroxyl groups is 4. The van der Waals surface area contributed by atoms with E-state index in [1.807, 2.05) is 31.2 Å². The number of hydrogen-bond acceptors (Lipinski definition) is 14. The van der Waals surface area contributed by atoms with Crippen LogP contribution in [0.2, 0.25) is 20.1 Å². The number of nitro benzene ring substituents is 1. The SMILES string of the molecule is Cc1cccc(Cn2c(O)c(N=O)c3cc(Cl)ccc32)c1.O=Nc1c(O)n(Cc2cccc(F)c2)c2ccc(Cl)cc12.O=Nc1c(O)n(Cc2ccccc2F)c2ccc(Cl)cc12.O=Nc1c(O)n(Cc2ccccc2[N+](=O)[O-])c2ccc(Cl)cc12. The highest BCUT2D eigenvalue weighted by Gasteiger charge is 2.24. The van der Waals surface area contributed by atoms with Crippen molar-refractivity contribution in [3.05, 3.63) is 259 Å². The van der Waals surface area contributed by atoms with E-state index < -0.39 is 4.92 Å². The summed E-state index contributed by atoms with van der Waals surface area (Å²) < 4.78 is 33.0. The molecule has 4 aromatic heterocycles. The highest BCUT2D eigenvalue weighted by Crippen LogP contribution is 2.44. The minimum atomic E-state index is -0.492. The minimum absolute atomic E-state index is 0.0244. The first-order valence-corrected chi connectivity index (χ1v) is 27.0. The molecule has 19 nitrogen and oxygen atoms in total. The fraction of sp³-hybridized carbons (Fsp3) is 0.0820. The lowest BCUT2D eigenvalue weighted by molar-refractivity contribution is -0.385. The topological polar surface area (TPSA) is 261 Å². The van der Waals surface area contributed by atoms with Crippen LogP contribution in [-0.4, -0.2) is 43.6 Å². The molecule has 0 atom stereocenters. The summed E-state index contributed by atoms with van der Waals surface area (Å²) in [6.45, 7) is 2.80. The first-order chi connectivity index (χ1) is 41.3. The van der Waals surface area contributed by atoms with Gasteiger partial charge in [0, 0.05) is 58.8 Å². The van der Waals surface area contributed by atoms with Crippen LogP contribution in [-0.2, 0) is 26.2 Å². The predicted molar refractivity (Wildman–Crippen MR) is 330 cm³/mol. The van der Waals surface area contributed by atoms with Crippen molar-refractivity contribution in [1.29, 1.82) is 0 Å². The van der Waals surface area contributed by atoms with Crippen molar-refractivity contribution in [3.63, 3.8) is 0 Å². The van der Waals surface area contributed by atoms with E-state index in [0.717, 1.165) is 16.6 Å². The molecule has 4 heterocycles. The van der Waals surface area contributed by atoms with E-state index in [-0.39, 0.29) is 83.2 Å². The predicted octanol–water partition coefficient (Wildman–Crippen LogP) is 18.3. The fourth-order valence-corrected chi connectivity index (χ4v) is 10.5. The smallest absolute Gasteiger partial charge is 0.274 e. The first kappa shape index (κ1) is 60.5. The van der Waals surface area contributed by atoms with Crippen LogP contribution in [0.4, 0.5) is 37.2 Å². The standard InChI is InChI=1S/C16H13ClN2O2.2C15H10ClFN2O2.C15H10ClN3O4/c1-10-3-2-4-11(7-10)9-19-14-6-5-12(17)8-13(14)15(18-21)16(19)20;16-10-4-5-13-12(7-10)14(18-21)15(20)19(13)8-9-2-1-3-11(17)6-9;16-10-5-6-13-11(7-10)14(18-21)15(20)19(13)8-9-3-1-2-4-12(9)17;16-10-5-6-13-11(7-10)14(17-21)15(20)18(13)8-9-3-1-2-4-12(9)19(22)23/h2-8,20H,9H2,1H3;2*1-7,20H,8H2;1-7,20H,8H2. The van der Waals surface area contributed by atoms with Gasteiger partial charge in [0.1, 0.15) is 11.6 Å². The van der Waals surface area contributed by atoms with Gasteiger partial charge < -0.3 is 38.7 Å². The molecule has 8 aromatic carbocycles. The summed E-state index contributed by atoms with van der Waals surface area (Å²) in [5.41, 5.74) is 5.72. The highest BCUT2D eigenvalue weighted by molar-refractivity contribution is 6.32. The molecule has 0 radical (unpaired) electrons. The van der Waals surface area contributed by atoms with E-state index in [0.29, 0.717) is 81.4 Å². The second kappa shape index (κ2) is 26.2. The molecule has 0 aliphatic rings. The third-order valence-corrected chi connectivity index (χ3v) is 14.6. The van der Waals surface area contributed by atoms with Crippen LogP contribution in [0.5, 0.6) is 23.5 Å². The summed E-state index contributed by atoms with van der Waals surface area (Å²) in [6.07, 6.45) is 0. The number of nitrogens with zero attached hydrogens (tertiary/aromatic N) is 9. The highest BCUT2D eigenvalue weighted by atomic mass is 35.5. The number of nitroso groups, excluding NO2 is 4. The number of hydrogen-bond donors (Lipinski definition) is 4. The summed E-state index contributed by atoms with van der Waals surface area (Å²) in [5, 5.41) is 67.1. The molecule has 0 saturated heterocycles. The summed E-state index contributed by atoms with van der Waals surface area (Å²) in [5.74, 6) is -1.79. The summed E-state index contributed by atoms with van der Waals surface area (Å²) in [6, 6.07) is 46.1. The second-order valence-electron chi connectivity index (χ2n) is 19.1. The third kappa shape index (κ3) is 12.7. The van der Waals surface area contributed by atoms with Crippen LogP contribution < -0.4 is 0 Å². The molecule has 0 aliphatic carbocycles. The molecule has 0 amide bonds. The van der Waals surface area contributed by atoms with Crippen molar-refractivity contribution in [2.45, 2.75) is 33.1 Å². The van der Waals surface area contributed by atoms with Crippen LogP contribution in [0.15, 0.2) is 191 Å². The van der Waals surface area contributed by atoms with Gasteiger partial charge in [-0.3, -0.25) is 10.1 Å². The molecular formula is C61H43Cl4F2N9O10. The lowest BCUT2D eigenvalue weighted by atomic mass is 10.1. The zero-order valence-electron chi connectivity index (χ0n) is 44.5. The van der Waals surface area contributed by atoms with Gasteiger partial charge in [0.25, 0.3) is 5.69 Å². The van der Waals surface area contributed by atoms with Gasteiger partial charge in [-0.2, -0.15) is 0 Å². The van der Waals surface area contributed by atoms with Crippen LogP contribution in [0, 0.1) is 48.3 Å². The number of aryl methyl sites for hydroxylation is 1. The van der Waals surface area contributed by atoms with E-state index in [9.17, 15) is 58.9 Å². The summed E-state index contributed by atoms with van der Waals surface area (Å²) >= 11 is 23.7. The quantitative estimate of drug-likeness (QED) is 0.0482. The monoisotopic (exact) mass is 1240 g/mol. The number of fused-ring (bicyclic) bond motifs is 4. The maximum Gasteiger partial charge on any atom is 0.274 e. The molecule has 12 rings (SSSR count). The van der Waals surface area contributed by atoms with E-state index in [1.54, 1.807) is 120 Å². The van der Waals surface area contributed by atoms with Crippen molar-refractivity contribution < 1.29 is 34.1 Å². The Morgan fingerprint density at radius 2 is 0.779 bits per heavy atom. The van der Waals surface area contributed by atoms with Gasteiger partial charge >= 0.3 is 0 Å². The summed E-state index contributed by atoms with van der Waals surface area (Å²) in [7, 11) is 0. The number of nitro groups is 1. The Kier molecular flexibility index (Phi) is 18.5. The second-order valence-corrected chi connectivity index (χ2v) is 20.9. The number of aromatic nitrogens is 4. The molecule has 0 saturated carbocycles. The van der Waals surface area contributed by atoms with Crippen molar-refractivity contribution in [2.24, 2.45) is 20.7 Å². The van der Waals surface area contributed by atoms with Crippen LogP contribution in [0.25, 0.3) is 43.6 Å². The maximum absolute atomic E-state index is 13.8. The van der Waals surface area contributed by atoms with Gasteiger partial charge in [0.05, 0.1) is 53.2 Å². The average molecular weight is 1240 g/mol. The molecular weight excluding hydrogens is 1200 g/mol. The molecule has 0 aliphatic heterocycles. The molecule has 25 heteroatoms. The minimum Gasteiger partial charge on any atom is -0.493 e. The van der Waals surface area contributed by atoms with Crippen molar-refractivity contribution in [3.8, 4) is 23.5 Å². The Morgan fingerprint density at radius 1 is 0.430 bits per heavy atom. The Hall–Kier alpha value is -10.1. The van der Waals surface area contributed by atoms with Gasteiger partial charge in [-0.25, -0.2) is 8.78 Å². The number of benzene rings is 8. The number of para-hydroxylation sites is 1. The van der Waals surface area contributed by atoms with Crippen molar-refractivity contribution in [2.75, 3.05) is 0 Å². The van der Waals surface area contributed by atoms with Crippen LogP contribution >= 0.6 is 46.4 Å². The molecule has 0 fully saturated rings. The Balaban J connectivity index is 0.000000137. The molecule has 434 valence electrons. The first-order valence-electron chi connectivity index (χ1n) is 25.5. The van der Waals surface area contributed by atoms with Gasteiger partial charge in [0.15, 0.2) is 22.7 Å². The zero-order chi connectivity index (χ0) is 61.5. The van der Waals surface area contributed by atoms with E-state index in [2.05, 4.69) is 20.7 Å². The normalized spacial score (nSPS) is 10.9. The van der Waals surface area contributed by atoms with E-state index in [4.69, 9.17) is 46.4 Å². The molecule has 4 N–H and O–H groups in total. The average Bonchev–Trinajstić information content (AvgIpc) is 1.97. The molecule has 0 unspecified atom stereocenters. The number of halogens is 6. The van der Waals surface area contributed by atoms with E-state index >= 15 is 0 Å². The third-order valence-electron chi connectivity index (χ3n) is 13.7. The van der Waals surface area contributed by atoms with Crippen LogP contribution in [0.1, 0.15) is 27.8 Å². The molecule has 12 aromatic rings. The molecule has 0 bridgehead atoms. The lowest BCUT2D eigenvalue weighted by Crippen LogP contribution is -2.02. The van der Waals surface area contributed by atoms with Crippen molar-refractivity contribution in [1.82, 2.24) is 18.3 Å². The van der Waals surface area contributed by atoms with E-state index in [1.165, 1.54) is 44.0 Å². The molecule has 0 spiro atoms. The Morgan fingerprint density at radius 3 is 1.15 bits per heavy atom. The zero-order valence-corrected chi connectivity index (χ0v) is 47.5. The van der Waals surface area contributed by atoms with Crippen molar-refractivity contribution >= 4 is 118 Å².